The number of nitrogens with zero attached hydrogens (tertiary/aromatic N) is 2. The van der Waals surface area contributed by atoms with E-state index in [0.717, 1.165) is 6.67 Å². The highest BCUT2D eigenvalue weighted by atomic mass is 15.3. The van der Waals surface area contributed by atoms with Crippen LogP contribution in [0.5, 0.6) is 0 Å². The monoisotopic (exact) mass is 424 g/mol. The molecule has 0 atom stereocenters. The Hall–Kier alpha value is -2.22. The van der Waals surface area contributed by atoms with E-state index in [9.17, 15) is 0 Å². The summed E-state index contributed by atoms with van der Waals surface area (Å²) in [5.74, 6) is 1.05. The third-order valence-corrected chi connectivity index (χ3v) is 4.47. The van der Waals surface area contributed by atoms with Crippen LogP contribution in [0.2, 0.25) is 0 Å². The van der Waals surface area contributed by atoms with Gasteiger partial charge in [-0.15, -0.1) is 0 Å². The number of hydrogen-bond acceptors (Lipinski definition) is 2. The highest BCUT2D eigenvalue weighted by Crippen LogP contribution is 2.33. The van der Waals surface area contributed by atoms with Gasteiger partial charge in [0.2, 0.25) is 0 Å². The third kappa shape index (κ3) is 9.21. The second-order valence-electron chi connectivity index (χ2n) is 8.22. The van der Waals surface area contributed by atoms with Gasteiger partial charge in [0, 0.05) is 23.8 Å². The summed E-state index contributed by atoms with van der Waals surface area (Å²) in [6.45, 7) is 22.4. The number of rotatable bonds is 4. The van der Waals surface area contributed by atoms with Crippen LogP contribution in [0.25, 0.3) is 0 Å². The Bertz CT molecular complexity index is 670. The van der Waals surface area contributed by atoms with Gasteiger partial charge < -0.3 is 9.80 Å². The molecule has 2 aromatic carbocycles. The molecule has 0 fully saturated rings. The molecule has 0 N–H and O–H groups in total. The maximum atomic E-state index is 2.34. The van der Waals surface area contributed by atoms with E-state index < -0.39 is 0 Å². The Labute approximate surface area is 194 Å². The van der Waals surface area contributed by atoms with E-state index in [-0.39, 0.29) is 0 Å². The summed E-state index contributed by atoms with van der Waals surface area (Å²) in [6, 6.07) is 17.4. The van der Waals surface area contributed by atoms with E-state index in [1.54, 1.807) is 0 Å². The predicted octanol–water partition coefficient (Wildman–Crippen LogP) is 9.55. The van der Waals surface area contributed by atoms with Crippen LogP contribution >= 0.6 is 0 Å². The molecular formula is C29H48N2. The fourth-order valence-electron chi connectivity index (χ4n) is 3.21. The second kappa shape index (κ2) is 16.5. The van der Waals surface area contributed by atoms with Crippen molar-refractivity contribution < 1.29 is 0 Å². The molecule has 3 rings (SSSR count). The quantitative estimate of drug-likeness (QED) is 0.482. The molecule has 0 aliphatic carbocycles. The summed E-state index contributed by atoms with van der Waals surface area (Å²) in [5, 5.41) is 0. The molecule has 0 radical (unpaired) electrons. The first-order chi connectivity index (χ1) is 14.9. The van der Waals surface area contributed by atoms with Gasteiger partial charge in [0.15, 0.2) is 0 Å². The average Bonchev–Trinajstić information content (AvgIpc) is 3.26. The van der Waals surface area contributed by atoms with Gasteiger partial charge in [0.25, 0.3) is 0 Å². The molecule has 1 aliphatic rings. The van der Waals surface area contributed by atoms with Crippen LogP contribution < -0.4 is 9.80 Å². The molecule has 31 heavy (non-hydrogen) atoms. The smallest absolute Gasteiger partial charge is 0.0989 e. The molecule has 0 unspecified atom stereocenters. The molecule has 0 amide bonds. The normalized spacial score (nSPS) is 12.0. The van der Waals surface area contributed by atoms with Crippen molar-refractivity contribution in [1.29, 1.82) is 0 Å². The molecule has 2 aromatic rings. The minimum absolute atomic E-state index is 0.525. The molecule has 0 spiro atoms. The van der Waals surface area contributed by atoms with Gasteiger partial charge in [-0.2, -0.15) is 0 Å². The number of benzene rings is 2. The van der Waals surface area contributed by atoms with Gasteiger partial charge in [0.1, 0.15) is 0 Å². The number of anilines is 2. The van der Waals surface area contributed by atoms with E-state index in [1.165, 1.54) is 35.3 Å². The van der Waals surface area contributed by atoms with Gasteiger partial charge in [-0.25, -0.2) is 0 Å². The lowest BCUT2D eigenvalue weighted by molar-refractivity contribution is 0.842. The highest BCUT2D eigenvalue weighted by Gasteiger charge is 2.20. The van der Waals surface area contributed by atoms with Crippen molar-refractivity contribution in [2.45, 2.75) is 93.9 Å². The molecule has 1 aliphatic heterocycles. The summed E-state index contributed by atoms with van der Waals surface area (Å²) < 4.78 is 0. The van der Waals surface area contributed by atoms with Gasteiger partial charge >= 0.3 is 0 Å². The van der Waals surface area contributed by atoms with E-state index in [1.807, 2.05) is 13.8 Å². The maximum Gasteiger partial charge on any atom is 0.0989 e. The molecule has 2 heteroatoms. The summed E-state index contributed by atoms with van der Waals surface area (Å²) >= 11 is 0. The van der Waals surface area contributed by atoms with Crippen LogP contribution in [0.1, 0.15) is 105 Å². The van der Waals surface area contributed by atoms with Crippen LogP contribution in [0.4, 0.5) is 11.4 Å². The molecule has 0 aromatic heterocycles. The Kier molecular flexibility index (Phi) is 15.3. The minimum atomic E-state index is 0.525. The van der Waals surface area contributed by atoms with Crippen molar-refractivity contribution in [2.24, 2.45) is 0 Å². The lowest BCUT2D eigenvalue weighted by atomic mass is 10.0. The Morgan fingerprint density at radius 2 is 0.903 bits per heavy atom. The van der Waals surface area contributed by atoms with Gasteiger partial charge in [-0.05, 0) is 35.1 Å². The predicted molar refractivity (Wildman–Crippen MR) is 143 cm³/mol. The van der Waals surface area contributed by atoms with E-state index >= 15 is 0 Å². The fraction of sp³-hybridized carbons (Fsp3) is 0.517. The van der Waals surface area contributed by atoms with Gasteiger partial charge in [-0.3, -0.25) is 0 Å². The van der Waals surface area contributed by atoms with Crippen LogP contribution in [0.15, 0.2) is 60.9 Å². The summed E-state index contributed by atoms with van der Waals surface area (Å²) in [5.41, 5.74) is 5.42. The first kappa shape index (κ1) is 28.8. The highest BCUT2D eigenvalue weighted by molar-refractivity contribution is 5.65. The number of hydrogen-bond donors (Lipinski definition) is 0. The van der Waals surface area contributed by atoms with Gasteiger partial charge in [0.05, 0.1) is 6.67 Å². The average molecular weight is 425 g/mol. The van der Waals surface area contributed by atoms with Crippen molar-refractivity contribution in [1.82, 2.24) is 0 Å². The standard InChI is InChI=1S/C21H26N2.2C3H8.C2H6/c1-16(2)18-9-5-7-11-20(18)22-13-14-23(15-22)21-12-8-6-10-19(21)17(3)4;2*1-3-2;1-2/h5-14,16-17H,15H2,1-4H3;2*3H2,1-2H3;1-2H3. The molecule has 0 bridgehead atoms. The first-order valence-electron chi connectivity index (χ1n) is 12.3. The molecule has 2 nitrogen and oxygen atoms in total. The van der Waals surface area contributed by atoms with Crippen molar-refractivity contribution >= 4 is 11.4 Å². The summed E-state index contributed by atoms with van der Waals surface area (Å²) in [6.07, 6.45) is 6.89. The Balaban J connectivity index is 0.000000991. The van der Waals surface area contributed by atoms with Crippen molar-refractivity contribution in [3.05, 3.63) is 72.1 Å². The maximum absolute atomic E-state index is 2.34. The summed E-state index contributed by atoms with van der Waals surface area (Å²) in [7, 11) is 0. The van der Waals surface area contributed by atoms with Crippen LogP contribution in [0.3, 0.4) is 0 Å². The van der Waals surface area contributed by atoms with Crippen LogP contribution in [-0.4, -0.2) is 6.67 Å². The zero-order chi connectivity index (χ0) is 23.8. The van der Waals surface area contributed by atoms with E-state index in [4.69, 9.17) is 0 Å². The first-order valence-corrected chi connectivity index (χ1v) is 12.3. The zero-order valence-electron chi connectivity index (χ0n) is 21.9. The lowest BCUT2D eigenvalue weighted by Crippen LogP contribution is -2.26. The summed E-state index contributed by atoms with van der Waals surface area (Å²) in [4.78, 5) is 4.68. The topological polar surface area (TPSA) is 6.48 Å². The van der Waals surface area contributed by atoms with Crippen molar-refractivity contribution in [3.8, 4) is 0 Å². The largest absolute Gasteiger partial charge is 0.328 e. The van der Waals surface area contributed by atoms with Crippen molar-refractivity contribution in [3.63, 3.8) is 0 Å². The Morgan fingerprint density at radius 3 is 1.19 bits per heavy atom. The molecular weight excluding hydrogens is 376 g/mol. The number of para-hydroxylation sites is 2. The fourth-order valence-corrected chi connectivity index (χ4v) is 3.21. The molecule has 1 heterocycles. The minimum Gasteiger partial charge on any atom is -0.328 e. The van der Waals surface area contributed by atoms with Crippen molar-refractivity contribution in [2.75, 3.05) is 16.5 Å². The van der Waals surface area contributed by atoms with Crippen LogP contribution in [-0.2, 0) is 0 Å². The zero-order valence-corrected chi connectivity index (χ0v) is 21.9. The van der Waals surface area contributed by atoms with Crippen LogP contribution in [0, 0.1) is 0 Å². The van der Waals surface area contributed by atoms with E-state index in [0.29, 0.717) is 11.8 Å². The Morgan fingerprint density at radius 1 is 0.613 bits per heavy atom. The third-order valence-electron chi connectivity index (χ3n) is 4.47. The second-order valence-corrected chi connectivity index (χ2v) is 8.22. The van der Waals surface area contributed by atoms with E-state index in [2.05, 4.69) is 126 Å². The SMILES string of the molecule is CC.CC(C)c1ccccc1N1C=CN(c2ccccc2C(C)C)C1.CCC.CCC. The molecule has 0 saturated heterocycles. The molecule has 174 valence electrons. The lowest BCUT2D eigenvalue weighted by Gasteiger charge is -2.26. The molecule has 0 saturated carbocycles. The van der Waals surface area contributed by atoms with Gasteiger partial charge in [-0.1, -0.05) is 118 Å².